The van der Waals surface area contributed by atoms with E-state index in [-0.39, 0.29) is 12.4 Å². The van der Waals surface area contributed by atoms with Gasteiger partial charge in [0.1, 0.15) is 0 Å². The molecule has 0 spiro atoms. The Balaban J connectivity index is 2.21. The van der Waals surface area contributed by atoms with Gasteiger partial charge in [-0.25, -0.2) is 4.39 Å². The van der Waals surface area contributed by atoms with Crippen molar-refractivity contribution in [3.05, 3.63) is 30.1 Å². The molecule has 1 rings (SSSR count). The third kappa shape index (κ3) is 3.73. The molecule has 1 aromatic carbocycles. The van der Waals surface area contributed by atoms with Crippen molar-refractivity contribution in [1.82, 2.24) is 0 Å². The van der Waals surface area contributed by atoms with Crippen molar-refractivity contribution in [2.75, 3.05) is 13.3 Å². The second-order valence-electron chi connectivity index (χ2n) is 2.95. The largest absolute Gasteiger partial charge is 0.490 e. The van der Waals surface area contributed by atoms with Crippen LogP contribution in [0, 0.1) is 11.9 Å². The van der Waals surface area contributed by atoms with Crippen LogP contribution in [0.3, 0.4) is 0 Å². The smallest absolute Gasteiger partial charge is 0.172 e. The van der Waals surface area contributed by atoms with E-state index in [1.165, 1.54) is 6.07 Å². The molecule has 0 saturated carbocycles. The summed E-state index contributed by atoms with van der Waals surface area (Å²) in [6.45, 7) is 0.127. The van der Waals surface area contributed by atoms with E-state index in [2.05, 4.69) is 6.07 Å². The van der Waals surface area contributed by atoms with E-state index >= 15 is 0 Å². The Morgan fingerprint density at radius 1 is 1.29 bits per heavy atom. The lowest BCUT2D eigenvalue weighted by atomic mass is 10.2. The minimum atomic E-state index is -0.474. The summed E-state index contributed by atoms with van der Waals surface area (Å²) in [7, 11) is 0. The zero-order valence-electron chi connectivity index (χ0n) is 7.93. The molecule has 0 fully saturated rings. The average molecular weight is 199 g/mol. The molecule has 0 saturated heterocycles. The van der Waals surface area contributed by atoms with Crippen LogP contribution in [0.1, 0.15) is 19.3 Å². The molecule has 0 aromatic heterocycles. The van der Waals surface area contributed by atoms with Crippen molar-refractivity contribution in [2.45, 2.75) is 19.3 Å². The van der Waals surface area contributed by atoms with E-state index < -0.39 is 5.82 Å². The number of rotatable bonds is 6. The molecule has 0 N–H and O–H groups in total. The fourth-order valence-electron chi connectivity index (χ4n) is 1.07. The van der Waals surface area contributed by atoms with Gasteiger partial charge in [-0.2, -0.15) is 0 Å². The highest BCUT2D eigenvalue weighted by molar-refractivity contribution is 5.22. The predicted octanol–water partition coefficient (Wildman–Crippen LogP) is 3.14. The number of alkyl halides is 1. The standard InChI is InChI=1S/C11H13F2O/c12-8-4-1-5-9-14-11-7-3-2-6-10(11)13/h2-3,7H,1,4-5,8-9H2. The van der Waals surface area contributed by atoms with E-state index in [1.807, 2.05) is 0 Å². The van der Waals surface area contributed by atoms with Crippen molar-refractivity contribution in [3.8, 4) is 5.75 Å². The molecule has 1 nitrogen and oxygen atoms in total. The maximum absolute atomic E-state index is 12.9. The Labute approximate surface area is 82.7 Å². The van der Waals surface area contributed by atoms with Gasteiger partial charge in [-0.1, -0.05) is 12.1 Å². The van der Waals surface area contributed by atoms with Crippen LogP contribution in [0.15, 0.2) is 18.2 Å². The summed E-state index contributed by atoms with van der Waals surface area (Å²) in [5, 5.41) is 0. The van der Waals surface area contributed by atoms with Crippen LogP contribution in [0.2, 0.25) is 0 Å². The third-order valence-corrected chi connectivity index (χ3v) is 1.81. The van der Waals surface area contributed by atoms with E-state index in [0.717, 1.165) is 12.8 Å². The van der Waals surface area contributed by atoms with Gasteiger partial charge in [-0.3, -0.25) is 4.39 Å². The second kappa shape index (κ2) is 6.35. The molecule has 14 heavy (non-hydrogen) atoms. The van der Waals surface area contributed by atoms with Crippen molar-refractivity contribution in [1.29, 1.82) is 0 Å². The second-order valence-corrected chi connectivity index (χ2v) is 2.95. The van der Waals surface area contributed by atoms with Crippen LogP contribution in [0.4, 0.5) is 8.78 Å². The number of unbranched alkanes of at least 4 members (excludes halogenated alkanes) is 2. The van der Waals surface area contributed by atoms with Crippen LogP contribution in [-0.4, -0.2) is 13.3 Å². The highest BCUT2D eigenvalue weighted by atomic mass is 19.1. The van der Waals surface area contributed by atoms with Gasteiger partial charge in [0.15, 0.2) is 11.6 Å². The molecule has 0 aliphatic rings. The van der Waals surface area contributed by atoms with Gasteiger partial charge in [-0.05, 0) is 25.3 Å². The van der Waals surface area contributed by atoms with E-state index in [1.54, 1.807) is 12.1 Å². The zero-order chi connectivity index (χ0) is 10.2. The lowest BCUT2D eigenvalue weighted by Crippen LogP contribution is -1.99. The lowest BCUT2D eigenvalue weighted by molar-refractivity contribution is 0.287. The number of benzene rings is 1. The summed E-state index contributed by atoms with van der Waals surface area (Å²) in [5.74, 6) is -0.259. The van der Waals surface area contributed by atoms with Crippen LogP contribution >= 0.6 is 0 Å². The molecule has 0 amide bonds. The van der Waals surface area contributed by atoms with E-state index in [0.29, 0.717) is 13.0 Å². The SMILES string of the molecule is FCCCCCOc1ccc[c]c1F. The quantitative estimate of drug-likeness (QED) is 0.639. The monoisotopic (exact) mass is 199 g/mol. The average Bonchev–Trinajstić information content (AvgIpc) is 2.20. The van der Waals surface area contributed by atoms with Gasteiger partial charge in [-0.15, -0.1) is 0 Å². The Kier molecular flexibility index (Phi) is 4.97. The summed E-state index contributed by atoms with van der Waals surface area (Å²) in [5.41, 5.74) is 0. The van der Waals surface area contributed by atoms with Gasteiger partial charge < -0.3 is 4.74 Å². The summed E-state index contributed by atoms with van der Waals surface area (Å²) in [6.07, 6.45) is 2.07. The summed E-state index contributed by atoms with van der Waals surface area (Å²) in [6, 6.07) is 7.11. The molecule has 1 radical (unpaired) electrons. The van der Waals surface area contributed by atoms with Gasteiger partial charge in [0.25, 0.3) is 0 Å². The van der Waals surface area contributed by atoms with Crippen molar-refractivity contribution in [3.63, 3.8) is 0 Å². The third-order valence-electron chi connectivity index (χ3n) is 1.81. The van der Waals surface area contributed by atoms with E-state index in [4.69, 9.17) is 4.74 Å². The Morgan fingerprint density at radius 2 is 2.14 bits per heavy atom. The number of hydrogen-bond acceptors (Lipinski definition) is 1. The fourth-order valence-corrected chi connectivity index (χ4v) is 1.07. The molecule has 0 aliphatic heterocycles. The maximum atomic E-state index is 12.9. The first kappa shape index (κ1) is 11.0. The number of hydrogen-bond donors (Lipinski definition) is 0. The molecular weight excluding hydrogens is 186 g/mol. The zero-order valence-corrected chi connectivity index (χ0v) is 7.93. The maximum Gasteiger partial charge on any atom is 0.172 e. The van der Waals surface area contributed by atoms with Crippen LogP contribution in [0.5, 0.6) is 5.75 Å². The Morgan fingerprint density at radius 3 is 2.86 bits per heavy atom. The van der Waals surface area contributed by atoms with Crippen LogP contribution < -0.4 is 4.74 Å². The predicted molar refractivity (Wildman–Crippen MR) is 50.6 cm³/mol. The Hall–Kier alpha value is -1.12. The van der Waals surface area contributed by atoms with Crippen molar-refractivity contribution < 1.29 is 13.5 Å². The highest BCUT2D eigenvalue weighted by Crippen LogP contribution is 2.15. The van der Waals surface area contributed by atoms with Gasteiger partial charge in [0.05, 0.1) is 13.3 Å². The van der Waals surface area contributed by atoms with Gasteiger partial charge in [0, 0.05) is 6.07 Å². The minimum Gasteiger partial charge on any atom is -0.490 e. The normalized spacial score (nSPS) is 10.1. The molecule has 0 aliphatic carbocycles. The molecular formula is C11H13F2O. The molecule has 0 heterocycles. The first-order valence-electron chi connectivity index (χ1n) is 4.69. The number of halogens is 2. The molecule has 3 heteroatoms. The first-order valence-corrected chi connectivity index (χ1v) is 4.69. The fraction of sp³-hybridized carbons (Fsp3) is 0.455. The van der Waals surface area contributed by atoms with Crippen molar-refractivity contribution in [2.24, 2.45) is 0 Å². The highest BCUT2D eigenvalue weighted by Gasteiger charge is 2.00. The van der Waals surface area contributed by atoms with E-state index in [9.17, 15) is 8.78 Å². The number of ether oxygens (including phenoxy) is 1. The molecule has 1 aromatic rings. The topological polar surface area (TPSA) is 9.23 Å². The minimum absolute atomic E-state index is 0.216. The van der Waals surface area contributed by atoms with Crippen LogP contribution in [0.25, 0.3) is 0 Å². The van der Waals surface area contributed by atoms with Gasteiger partial charge >= 0.3 is 0 Å². The lowest BCUT2D eigenvalue weighted by Gasteiger charge is -2.05. The summed E-state index contributed by atoms with van der Waals surface area (Å²) < 4.78 is 29.8. The Bertz CT molecular complexity index is 263. The molecule has 77 valence electrons. The van der Waals surface area contributed by atoms with Gasteiger partial charge in [0.2, 0.25) is 0 Å². The van der Waals surface area contributed by atoms with Crippen LogP contribution in [-0.2, 0) is 0 Å². The summed E-state index contributed by atoms with van der Waals surface area (Å²) in [4.78, 5) is 0. The summed E-state index contributed by atoms with van der Waals surface area (Å²) >= 11 is 0. The molecule has 0 atom stereocenters. The first-order chi connectivity index (χ1) is 6.84. The molecule has 0 unspecified atom stereocenters. The molecule has 0 bridgehead atoms. The van der Waals surface area contributed by atoms with Crippen molar-refractivity contribution >= 4 is 0 Å².